The standard InChI is InChI=1S/C16H22N2O3S/c1-14(19)17-10-7-16(8-11-17)9-12-18(13-16)22(20,21)15-5-3-2-4-6-15/h2-6H,7-13H2,1H3. The fourth-order valence-corrected chi connectivity index (χ4v) is 5.12. The van der Waals surface area contributed by atoms with Crippen molar-refractivity contribution < 1.29 is 13.2 Å². The van der Waals surface area contributed by atoms with Crippen LogP contribution in [0.5, 0.6) is 0 Å². The fraction of sp³-hybridized carbons (Fsp3) is 0.562. The molecule has 1 spiro atoms. The average Bonchev–Trinajstić information content (AvgIpc) is 2.93. The molecule has 0 aliphatic carbocycles. The molecule has 2 aliphatic rings. The number of rotatable bonds is 2. The first-order chi connectivity index (χ1) is 10.4. The molecule has 2 fully saturated rings. The van der Waals surface area contributed by atoms with E-state index in [2.05, 4.69) is 0 Å². The number of amides is 1. The van der Waals surface area contributed by atoms with E-state index in [0.29, 0.717) is 18.0 Å². The highest BCUT2D eigenvalue weighted by molar-refractivity contribution is 7.89. The summed E-state index contributed by atoms with van der Waals surface area (Å²) in [5, 5.41) is 0. The summed E-state index contributed by atoms with van der Waals surface area (Å²) in [6, 6.07) is 8.63. The Hall–Kier alpha value is -1.40. The molecule has 0 atom stereocenters. The number of likely N-dealkylation sites (tertiary alicyclic amines) is 1. The zero-order valence-corrected chi connectivity index (χ0v) is 13.7. The molecule has 2 aliphatic heterocycles. The van der Waals surface area contributed by atoms with Crippen LogP contribution in [-0.4, -0.2) is 49.7 Å². The predicted molar refractivity (Wildman–Crippen MR) is 83.7 cm³/mol. The summed E-state index contributed by atoms with van der Waals surface area (Å²) in [5.74, 6) is 0.113. The minimum atomic E-state index is -3.39. The van der Waals surface area contributed by atoms with Crippen molar-refractivity contribution in [1.29, 1.82) is 0 Å². The first-order valence-electron chi connectivity index (χ1n) is 7.74. The maximum Gasteiger partial charge on any atom is 0.243 e. The lowest BCUT2D eigenvalue weighted by atomic mass is 9.78. The second kappa shape index (κ2) is 5.66. The molecule has 3 rings (SSSR count). The molecule has 1 aromatic rings. The lowest BCUT2D eigenvalue weighted by Crippen LogP contribution is -2.43. The van der Waals surface area contributed by atoms with Crippen molar-refractivity contribution in [3.8, 4) is 0 Å². The zero-order valence-electron chi connectivity index (χ0n) is 12.9. The molecule has 1 aromatic carbocycles. The summed E-state index contributed by atoms with van der Waals surface area (Å²) < 4.78 is 27.0. The van der Waals surface area contributed by atoms with E-state index in [1.807, 2.05) is 11.0 Å². The molecule has 0 unspecified atom stereocenters. The normalized spacial score (nSPS) is 22.1. The smallest absolute Gasteiger partial charge is 0.243 e. The number of carbonyl (C=O) groups excluding carboxylic acids is 1. The van der Waals surface area contributed by atoms with Gasteiger partial charge in [0.2, 0.25) is 15.9 Å². The Morgan fingerprint density at radius 3 is 2.23 bits per heavy atom. The van der Waals surface area contributed by atoms with Crippen LogP contribution in [0.1, 0.15) is 26.2 Å². The van der Waals surface area contributed by atoms with E-state index in [4.69, 9.17) is 0 Å². The molecular weight excluding hydrogens is 300 g/mol. The van der Waals surface area contributed by atoms with Crippen LogP contribution in [-0.2, 0) is 14.8 Å². The van der Waals surface area contributed by atoms with Gasteiger partial charge in [0.25, 0.3) is 0 Å². The number of piperidine rings is 1. The van der Waals surface area contributed by atoms with Gasteiger partial charge in [0.1, 0.15) is 0 Å². The van der Waals surface area contributed by atoms with Gasteiger partial charge in [-0.1, -0.05) is 18.2 Å². The minimum absolute atomic E-state index is 0.0494. The lowest BCUT2D eigenvalue weighted by molar-refractivity contribution is -0.131. The molecule has 2 heterocycles. The number of nitrogens with zero attached hydrogens (tertiary/aromatic N) is 2. The molecule has 22 heavy (non-hydrogen) atoms. The monoisotopic (exact) mass is 322 g/mol. The summed E-state index contributed by atoms with van der Waals surface area (Å²) in [6.45, 7) is 4.25. The van der Waals surface area contributed by atoms with Crippen LogP contribution in [0, 0.1) is 5.41 Å². The molecule has 2 saturated heterocycles. The summed E-state index contributed by atoms with van der Waals surface area (Å²) >= 11 is 0. The van der Waals surface area contributed by atoms with Crippen LogP contribution in [0.3, 0.4) is 0 Å². The van der Waals surface area contributed by atoms with Gasteiger partial charge in [-0.05, 0) is 36.8 Å². The summed E-state index contributed by atoms with van der Waals surface area (Å²) in [4.78, 5) is 13.7. The third-order valence-corrected chi connectivity index (χ3v) is 6.91. The second-order valence-corrected chi connectivity index (χ2v) is 8.35. The summed E-state index contributed by atoms with van der Waals surface area (Å²) in [7, 11) is -3.39. The van der Waals surface area contributed by atoms with Crippen molar-refractivity contribution in [2.45, 2.75) is 31.1 Å². The van der Waals surface area contributed by atoms with Crippen LogP contribution in [0.15, 0.2) is 35.2 Å². The van der Waals surface area contributed by atoms with E-state index >= 15 is 0 Å². The van der Waals surface area contributed by atoms with Gasteiger partial charge in [-0.2, -0.15) is 4.31 Å². The maximum absolute atomic E-state index is 12.7. The number of sulfonamides is 1. The van der Waals surface area contributed by atoms with Gasteiger partial charge in [0, 0.05) is 33.1 Å². The van der Waals surface area contributed by atoms with Gasteiger partial charge in [-0.3, -0.25) is 4.79 Å². The van der Waals surface area contributed by atoms with E-state index in [1.165, 1.54) is 0 Å². The Morgan fingerprint density at radius 2 is 1.64 bits per heavy atom. The molecule has 120 valence electrons. The SMILES string of the molecule is CC(=O)N1CCC2(CC1)CCN(S(=O)(=O)c1ccccc1)C2. The molecule has 1 amide bonds. The van der Waals surface area contributed by atoms with Crippen molar-refractivity contribution in [2.75, 3.05) is 26.2 Å². The van der Waals surface area contributed by atoms with Crippen molar-refractivity contribution in [3.05, 3.63) is 30.3 Å². The topological polar surface area (TPSA) is 57.7 Å². The highest BCUT2D eigenvalue weighted by Crippen LogP contribution is 2.42. The lowest BCUT2D eigenvalue weighted by Gasteiger charge is -2.38. The van der Waals surface area contributed by atoms with Gasteiger partial charge in [0.15, 0.2) is 0 Å². The Morgan fingerprint density at radius 1 is 1.05 bits per heavy atom. The first-order valence-corrected chi connectivity index (χ1v) is 9.18. The average molecular weight is 322 g/mol. The molecule has 0 N–H and O–H groups in total. The van der Waals surface area contributed by atoms with Gasteiger partial charge < -0.3 is 4.90 Å². The fourth-order valence-electron chi connectivity index (χ4n) is 3.54. The van der Waals surface area contributed by atoms with Gasteiger partial charge in [0.05, 0.1) is 4.90 Å². The third-order valence-electron chi connectivity index (χ3n) is 5.05. The molecule has 0 aromatic heterocycles. The second-order valence-electron chi connectivity index (χ2n) is 6.41. The Balaban J connectivity index is 1.72. The zero-order chi connectivity index (χ0) is 15.8. The van der Waals surface area contributed by atoms with E-state index in [0.717, 1.165) is 32.4 Å². The van der Waals surface area contributed by atoms with E-state index in [-0.39, 0.29) is 11.3 Å². The first kappa shape index (κ1) is 15.5. The van der Waals surface area contributed by atoms with E-state index < -0.39 is 10.0 Å². The molecule has 0 saturated carbocycles. The van der Waals surface area contributed by atoms with Crippen LogP contribution in [0.4, 0.5) is 0 Å². The Labute approximate surface area is 132 Å². The van der Waals surface area contributed by atoms with Gasteiger partial charge >= 0.3 is 0 Å². The minimum Gasteiger partial charge on any atom is -0.343 e. The molecular formula is C16H22N2O3S. The van der Waals surface area contributed by atoms with Crippen molar-refractivity contribution in [2.24, 2.45) is 5.41 Å². The number of hydrogen-bond acceptors (Lipinski definition) is 3. The van der Waals surface area contributed by atoms with E-state index in [9.17, 15) is 13.2 Å². The van der Waals surface area contributed by atoms with Crippen LogP contribution >= 0.6 is 0 Å². The number of carbonyl (C=O) groups is 1. The van der Waals surface area contributed by atoms with Crippen LogP contribution in [0.2, 0.25) is 0 Å². The Kier molecular flexibility index (Phi) is 3.99. The quantitative estimate of drug-likeness (QED) is 0.833. The predicted octanol–water partition coefficient (Wildman–Crippen LogP) is 1.71. The van der Waals surface area contributed by atoms with Gasteiger partial charge in [-0.25, -0.2) is 8.42 Å². The number of benzene rings is 1. The molecule has 6 heteroatoms. The molecule has 5 nitrogen and oxygen atoms in total. The van der Waals surface area contributed by atoms with Gasteiger partial charge in [-0.15, -0.1) is 0 Å². The van der Waals surface area contributed by atoms with Crippen molar-refractivity contribution in [1.82, 2.24) is 9.21 Å². The van der Waals surface area contributed by atoms with Crippen molar-refractivity contribution in [3.63, 3.8) is 0 Å². The highest BCUT2D eigenvalue weighted by atomic mass is 32.2. The third kappa shape index (κ3) is 2.77. The number of hydrogen-bond donors (Lipinski definition) is 0. The molecule has 0 radical (unpaired) electrons. The van der Waals surface area contributed by atoms with E-state index in [1.54, 1.807) is 35.5 Å². The van der Waals surface area contributed by atoms with Crippen molar-refractivity contribution >= 4 is 15.9 Å². The highest BCUT2D eigenvalue weighted by Gasteiger charge is 2.44. The molecule has 0 bridgehead atoms. The summed E-state index contributed by atoms with van der Waals surface area (Å²) in [5.41, 5.74) is 0.0494. The summed E-state index contributed by atoms with van der Waals surface area (Å²) in [6.07, 6.45) is 2.69. The largest absolute Gasteiger partial charge is 0.343 e. The van der Waals surface area contributed by atoms with Crippen LogP contribution < -0.4 is 0 Å². The van der Waals surface area contributed by atoms with Crippen LogP contribution in [0.25, 0.3) is 0 Å². The Bertz CT molecular complexity index is 649. The maximum atomic E-state index is 12.7.